The molecule has 0 aromatic heterocycles. The van der Waals surface area contributed by atoms with E-state index >= 15 is 0 Å². The molecule has 2 heteroatoms. The average Bonchev–Trinajstić information content (AvgIpc) is 1.96. The van der Waals surface area contributed by atoms with Crippen LogP contribution in [0.15, 0.2) is 0 Å². The Kier molecular flexibility index (Phi) is 3.13. The molecule has 0 heterocycles. The molecule has 1 rings (SSSR count). The molecule has 0 amide bonds. The van der Waals surface area contributed by atoms with Crippen LogP contribution in [0.1, 0.15) is 40.0 Å². The third kappa shape index (κ3) is 2.46. The van der Waals surface area contributed by atoms with E-state index in [1.54, 1.807) is 0 Å². The van der Waals surface area contributed by atoms with Gasteiger partial charge in [-0.25, -0.2) is 0 Å². The lowest BCUT2D eigenvalue weighted by atomic mass is 9.78. The van der Waals surface area contributed by atoms with Crippen molar-refractivity contribution >= 4 is 0 Å². The molecule has 1 aliphatic rings. The Bertz CT molecular complexity index is 139. The summed E-state index contributed by atoms with van der Waals surface area (Å²) in [6, 6.07) is 0.307. The fourth-order valence-corrected chi connectivity index (χ4v) is 1.48. The summed E-state index contributed by atoms with van der Waals surface area (Å²) >= 11 is 0. The number of hydrogen-bond donors (Lipinski definition) is 2. The summed E-state index contributed by atoms with van der Waals surface area (Å²) in [6.45, 7) is 7.66. The zero-order valence-electron chi connectivity index (χ0n) is 8.56. The van der Waals surface area contributed by atoms with E-state index in [1.165, 1.54) is 19.3 Å². The van der Waals surface area contributed by atoms with Crippen molar-refractivity contribution in [1.82, 2.24) is 5.32 Å². The third-order valence-corrected chi connectivity index (χ3v) is 3.21. The Labute approximate surface area is 75.9 Å². The molecule has 0 saturated heterocycles. The fraction of sp³-hybridized carbons (Fsp3) is 1.00. The minimum absolute atomic E-state index is 0.307. The van der Waals surface area contributed by atoms with Crippen molar-refractivity contribution in [1.29, 1.82) is 0 Å². The van der Waals surface area contributed by atoms with Crippen LogP contribution >= 0.6 is 0 Å². The normalized spacial score (nSPS) is 26.0. The predicted molar refractivity (Wildman–Crippen MR) is 53.1 cm³/mol. The number of hydrogen-bond acceptors (Lipinski definition) is 2. The van der Waals surface area contributed by atoms with E-state index in [-0.39, 0.29) is 0 Å². The molecular weight excluding hydrogens is 148 g/mol. The Morgan fingerprint density at radius 2 is 2.00 bits per heavy atom. The summed E-state index contributed by atoms with van der Waals surface area (Å²) in [5.41, 5.74) is 6.22. The van der Waals surface area contributed by atoms with Gasteiger partial charge in [0.1, 0.15) is 0 Å². The van der Waals surface area contributed by atoms with Crippen molar-refractivity contribution in [3.05, 3.63) is 0 Å². The van der Waals surface area contributed by atoms with Gasteiger partial charge in [0, 0.05) is 11.6 Å². The SMILES string of the molecule is CC(N)C(C)CNC1(C)CCC1. The van der Waals surface area contributed by atoms with Crippen LogP contribution in [-0.2, 0) is 0 Å². The Balaban J connectivity index is 2.16. The van der Waals surface area contributed by atoms with Gasteiger partial charge in [-0.3, -0.25) is 0 Å². The zero-order chi connectivity index (χ0) is 9.19. The Morgan fingerprint density at radius 1 is 1.42 bits per heavy atom. The maximum absolute atomic E-state index is 5.78. The average molecular weight is 170 g/mol. The van der Waals surface area contributed by atoms with E-state index in [2.05, 4.69) is 26.1 Å². The maximum atomic E-state index is 5.78. The molecule has 72 valence electrons. The highest BCUT2D eigenvalue weighted by molar-refractivity contribution is 4.91. The summed E-state index contributed by atoms with van der Waals surface area (Å²) in [4.78, 5) is 0. The molecule has 1 saturated carbocycles. The summed E-state index contributed by atoms with van der Waals surface area (Å²) in [5, 5.41) is 3.60. The van der Waals surface area contributed by atoms with Crippen LogP contribution < -0.4 is 11.1 Å². The molecule has 1 fully saturated rings. The lowest BCUT2D eigenvalue weighted by molar-refractivity contribution is 0.196. The van der Waals surface area contributed by atoms with Crippen LogP contribution in [0, 0.1) is 5.92 Å². The largest absolute Gasteiger partial charge is 0.328 e. The molecule has 1 aliphatic carbocycles. The van der Waals surface area contributed by atoms with Crippen molar-refractivity contribution in [2.75, 3.05) is 6.54 Å². The van der Waals surface area contributed by atoms with Gasteiger partial charge in [0.25, 0.3) is 0 Å². The third-order valence-electron chi connectivity index (χ3n) is 3.21. The number of nitrogens with one attached hydrogen (secondary N) is 1. The summed E-state index contributed by atoms with van der Waals surface area (Å²) in [6.07, 6.45) is 4.05. The molecule has 0 radical (unpaired) electrons. The monoisotopic (exact) mass is 170 g/mol. The van der Waals surface area contributed by atoms with Gasteiger partial charge in [-0.2, -0.15) is 0 Å². The second kappa shape index (κ2) is 3.75. The smallest absolute Gasteiger partial charge is 0.0153 e. The first-order valence-corrected chi connectivity index (χ1v) is 5.04. The number of nitrogens with two attached hydrogens (primary N) is 1. The minimum Gasteiger partial charge on any atom is -0.328 e. The first-order chi connectivity index (χ1) is 5.53. The molecule has 0 aliphatic heterocycles. The molecule has 0 spiro atoms. The van der Waals surface area contributed by atoms with Gasteiger partial charge >= 0.3 is 0 Å². The highest BCUT2D eigenvalue weighted by Gasteiger charge is 2.31. The van der Waals surface area contributed by atoms with Gasteiger partial charge in [0.15, 0.2) is 0 Å². The van der Waals surface area contributed by atoms with Crippen LogP contribution in [0.3, 0.4) is 0 Å². The van der Waals surface area contributed by atoms with Gasteiger partial charge in [-0.15, -0.1) is 0 Å². The van der Waals surface area contributed by atoms with Crippen molar-refractivity contribution in [3.63, 3.8) is 0 Å². The molecule has 12 heavy (non-hydrogen) atoms. The highest BCUT2D eigenvalue weighted by atomic mass is 15.0. The first-order valence-electron chi connectivity index (χ1n) is 5.04. The minimum atomic E-state index is 0.307. The van der Waals surface area contributed by atoms with Crippen molar-refractivity contribution < 1.29 is 0 Å². The summed E-state index contributed by atoms with van der Waals surface area (Å²) in [5.74, 6) is 0.586. The van der Waals surface area contributed by atoms with E-state index in [4.69, 9.17) is 5.73 Å². The van der Waals surface area contributed by atoms with Gasteiger partial charge in [0.05, 0.1) is 0 Å². The molecule has 0 aromatic rings. The number of rotatable bonds is 4. The van der Waals surface area contributed by atoms with Crippen LogP contribution in [0.4, 0.5) is 0 Å². The standard InChI is InChI=1S/C10H22N2/c1-8(9(2)11)7-12-10(3)5-4-6-10/h8-9,12H,4-7,11H2,1-3H3. The zero-order valence-corrected chi connectivity index (χ0v) is 8.56. The second-order valence-electron chi connectivity index (χ2n) is 4.63. The predicted octanol–water partition coefficient (Wildman–Crippen LogP) is 1.50. The van der Waals surface area contributed by atoms with Gasteiger partial charge in [0.2, 0.25) is 0 Å². The Morgan fingerprint density at radius 3 is 2.33 bits per heavy atom. The highest BCUT2D eigenvalue weighted by Crippen LogP contribution is 2.30. The van der Waals surface area contributed by atoms with Crippen LogP contribution in [0.5, 0.6) is 0 Å². The first kappa shape index (κ1) is 10.0. The lowest BCUT2D eigenvalue weighted by Gasteiger charge is -2.40. The van der Waals surface area contributed by atoms with Crippen molar-refractivity contribution in [3.8, 4) is 0 Å². The molecule has 2 atom stereocenters. The molecule has 2 unspecified atom stereocenters. The van der Waals surface area contributed by atoms with Crippen LogP contribution in [-0.4, -0.2) is 18.1 Å². The van der Waals surface area contributed by atoms with E-state index in [0.29, 0.717) is 17.5 Å². The molecule has 2 nitrogen and oxygen atoms in total. The molecule has 0 bridgehead atoms. The summed E-state index contributed by atoms with van der Waals surface area (Å²) < 4.78 is 0. The summed E-state index contributed by atoms with van der Waals surface area (Å²) in [7, 11) is 0. The fourth-order valence-electron chi connectivity index (χ4n) is 1.48. The second-order valence-corrected chi connectivity index (χ2v) is 4.63. The van der Waals surface area contributed by atoms with E-state index < -0.39 is 0 Å². The van der Waals surface area contributed by atoms with E-state index in [9.17, 15) is 0 Å². The molecular formula is C10H22N2. The van der Waals surface area contributed by atoms with Crippen LogP contribution in [0.25, 0.3) is 0 Å². The topological polar surface area (TPSA) is 38.0 Å². The Hall–Kier alpha value is -0.0800. The molecule has 0 aromatic carbocycles. The lowest BCUT2D eigenvalue weighted by Crippen LogP contribution is -2.50. The maximum Gasteiger partial charge on any atom is 0.0153 e. The van der Waals surface area contributed by atoms with Gasteiger partial charge < -0.3 is 11.1 Å². The quantitative estimate of drug-likeness (QED) is 0.671. The molecule has 3 N–H and O–H groups in total. The van der Waals surface area contributed by atoms with Gasteiger partial charge in [-0.05, 0) is 45.6 Å². The van der Waals surface area contributed by atoms with E-state index in [1.807, 2.05) is 0 Å². The van der Waals surface area contributed by atoms with Crippen molar-refractivity contribution in [2.45, 2.75) is 51.6 Å². The van der Waals surface area contributed by atoms with Gasteiger partial charge in [-0.1, -0.05) is 6.92 Å². The van der Waals surface area contributed by atoms with E-state index in [0.717, 1.165) is 6.54 Å². The van der Waals surface area contributed by atoms with Crippen LogP contribution in [0.2, 0.25) is 0 Å². The van der Waals surface area contributed by atoms with Crippen molar-refractivity contribution in [2.24, 2.45) is 11.7 Å².